The first-order chi connectivity index (χ1) is 9.14. The van der Waals surface area contributed by atoms with Crippen molar-refractivity contribution >= 4 is 15.9 Å². The van der Waals surface area contributed by atoms with Crippen molar-refractivity contribution in [2.75, 3.05) is 7.05 Å². The standard InChI is InChI=1S/C15H19BrFNO/c1-18-13-9-14(15(13)4-2-3-5-15)19-12-7-10(16)6-11(17)8-12/h6-8,13-14,18H,2-5,9H2,1H3. The number of benzene rings is 1. The van der Waals surface area contributed by atoms with E-state index < -0.39 is 0 Å². The molecule has 0 saturated heterocycles. The Hall–Kier alpha value is -0.610. The molecule has 2 aliphatic carbocycles. The molecule has 104 valence electrons. The fourth-order valence-corrected chi connectivity index (χ4v) is 4.23. The van der Waals surface area contributed by atoms with Gasteiger partial charge in [-0.15, -0.1) is 0 Å². The maximum Gasteiger partial charge on any atom is 0.128 e. The van der Waals surface area contributed by atoms with Gasteiger partial charge in [-0.3, -0.25) is 0 Å². The summed E-state index contributed by atoms with van der Waals surface area (Å²) in [7, 11) is 2.03. The van der Waals surface area contributed by atoms with Gasteiger partial charge in [-0.2, -0.15) is 0 Å². The molecule has 1 spiro atoms. The Morgan fingerprint density at radius 1 is 1.32 bits per heavy atom. The molecule has 3 rings (SSSR count). The van der Waals surface area contributed by atoms with Crippen LogP contribution in [0.25, 0.3) is 0 Å². The van der Waals surface area contributed by atoms with E-state index >= 15 is 0 Å². The molecule has 0 bridgehead atoms. The number of hydrogen-bond acceptors (Lipinski definition) is 2. The van der Waals surface area contributed by atoms with Gasteiger partial charge in [0.15, 0.2) is 0 Å². The molecule has 0 amide bonds. The molecule has 1 aromatic carbocycles. The van der Waals surface area contributed by atoms with E-state index in [0.29, 0.717) is 11.8 Å². The lowest BCUT2D eigenvalue weighted by molar-refractivity contribution is -0.0737. The van der Waals surface area contributed by atoms with E-state index in [2.05, 4.69) is 21.2 Å². The van der Waals surface area contributed by atoms with Crippen molar-refractivity contribution in [3.05, 3.63) is 28.5 Å². The molecule has 4 heteroatoms. The summed E-state index contributed by atoms with van der Waals surface area (Å²) < 4.78 is 20.2. The molecule has 1 N–H and O–H groups in total. The second kappa shape index (κ2) is 5.06. The topological polar surface area (TPSA) is 21.3 Å². The predicted octanol–water partition coefficient (Wildman–Crippen LogP) is 3.89. The van der Waals surface area contributed by atoms with Gasteiger partial charge in [-0.05, 0) is 32.0 Å². The van der Waals surface area contributed by atoms with Crippen molar-refractivity contribution in [3.63, 3.8) is 0 Å². The highest BCUT2D eigenvalue weighted by Crippen LogP contribution is 2.54. The van der Waals surface area contributed by atoms with Gasteiger partial charge in [0.2, 0.25) is 0 Å². The van der Waals surface area contributed by atoms with Gasteiger partial charge < -0.3 is 10.1 Å². The molecule has 2 unspecified atom stereocenters. The number of ether oxygens (including phenoxy) is 1. The molecule has 2 fully saturated rings. The van der Waals surface area contributed by atoms with Gasteiger partial charge in [0.05, 0.1) is 0 Å². The van der Waals surface area contributed by atoms with Crippen molar-refractivity contribution in [3.8, 4) is 5.75 Å². The fourth-order valence-electron chi connectivity index (χ4n) is 3.78. The van der Waals surface area contributed by atoms with E-state index in [9.17, 15) is 4.39 Å². The molecule has 2 aliphatic rings. The first kappa shape index (κ1) is 13.4. The van der Waals surface area contributed by atoms with Crippen molar-refractivity contribution in [2.45, 2.75) is 44.2 Å². The maximum absolute atomic E-state index is 13.4. The minimum absolute atomic E-state index is 0.223. The Labute approximate surface area is 121 Å². The molecule has 0 radical (unpaired) electrons. The Morgan fingerprint density at radius 2 is 2.05 bits per heavy atom. The third-order valence-corrected chi connectivity index (χ3v) is 5.24. The van der Waals surface area contributed by atoms with Crippen molar-refractivity contribution in [1.82, 2.24) is 5.32 Å². The fraction of sp³-hybridized carbons (Fsp3) is 0.600. The number of halogens is 2. The lowest BCUT2D eigenvalue weighted by Gasteiger charge is -2.53. The number of rotatable bonds is 3. The van der Waals surface area contributed by atoms with E-state index in [1.807, 2.05) is 13.1 Å². The van der Waals surface area contributed by atoms with Gasteiger partial charge in [-0.1, -0.05) is 28.8 Å². The minimum atomic E-state index is -0.255. The molecule has 2 saturated carbocycles. The third kappa shape index (κ3) is 2.29. The smallest absolute Gasteiger partial charge is 0.128 e. The van der Waals surface area contributed by atoms with E-state index in [0.717, 1.165) is 10.9 Å². The van der Waals surface area contributed by atoms with E-state index in [-0.39, 0.29) is 17.3 Å². The van der Waals surface area contributed by atoms with Crippen molar-refractivity contribution in [2.24, 2.45) is 5.41 Å². The quantitative estimate of drug-likeness (QED) is 0.909. The molecule has 2 atom stereocenters. The van der Waals surface area contributed by atoms with Crippen molar-refractivity contribution < 1.29 is 9.13 Å². The monoisotopic (exact) mass is 327 g/mol. The van der Waals surface area contributed by atoms with Crippen LogP contribution in [0.5, 0.6) is 5.75 Å². The summed E-state index contributed by atoms with van der Waals surface area (Å²) >= 11 is 3.31. The highest BCUT2D eigenvalue weighted by atomic mass is 79.9. The van der Waals surface area contributed by atoms with E-state index in [1.54, 1.807) is 0 Å². The minimum Gasteiger partial charge on any atom is -0.490 e. The van der Waals surface area contributed by atoms with Crippen LogP contribution in [0.4, 0.5) is 4.39 Å². The zero-order chi connectivity index (χ0) is 13.5. The first-order valence-electron chi connectivity index (χ1n) is 6.94. The molecule has 19 heavy (non-hydrogen) atoms. The summed E-state index contributed by atoms with van der Waals surface area (Å²) in [6.07, 6.45) is 6.25. The van der Waals surface area contributed by atoms with Crippen LogP contribution in [-0.2, 0) is 0 Å². The normalized spacial score (nSPS) is 28.4. The highest BCUT2D eigenvalue weighted by molar-refractivity contribution is 9.10. The van der Waals surface area contributed by atoms with Gasteiger partial charge in [0.25, 0.3) is 0 Å². The summed E-state index contributed by atoms with van der Waals surface area (Å²) in [6, 6.07) is 5.32. The lowest BCUT2D eigenvalue weighted by atomic mass is 9.60. The molecular weight excluding hydrogens is 309 g/mol. The predicted molar refractivity (Wildman–Crippen MR) is 76.9 cm³/mol. The molecule has 2 nitrogen and oxygen atoms in total. The van der Waals surface area contributed by atoms with E-state index in [4.69, 9.17) is 4.74 Å². The SMILES string of the molecule is CNC1CC(Oc2cc(F)cc(Br)c2)C12CCCC2. The average Bonchev–Trinajstić information content (AvgIpc) is 2.84. The maximum atomic E-state index is 13.4. The number of hydrogen-bond donors (Lipinski definition) is 1. The van der Waals surface area contributed by atoms with Crippen LogP contribution in [0, 0.1) is 11.2 Å². The van der Waals surface area contributed by atoms with Crippen LogP contribution < -0.4 is 10.1 Å². The summed E-state index contributed by atoms with van der Waals surface area (Å²) in [5.74, 6) is 0.382. The second-order valence-electron chi connectivity index (χ2n) is 5.73. The Kier molecular flexibility index (Phi) is 3.56. The van der Waals surface area contributed by atoms with Gasteiger partial charge in [-0.25, -0.2) is 4.39 Å². The molecular formula is C15H19BrFNO. The van der Waals surface area contributed by atoms with Crippen molar-refractivity contribution in [1.29, 1.82) is 0 Å². The van der Waals surface area contributed by atoms with Crippen LogP contribution in [0.3, 0.4) is 0 Å². The lowest BCUT2D eigenvalue weighted by Crippen LogP contribution is -2.63. The zero-order valence-electron chi connectivity index (χ0n) is 11.1. The third-order valence-electron chi connectivity index (χ3n) is 4.78. The van der Waals surface area contributed by atoms with Crippen LogP contribution in [0.15, 0.2) is 22.7 Å². The Bertz CT molecular complexity index is 453. The molecule has 0 aromatic heterocycles. The van der Waals surface area contributed by atoms with Gasteiger partial charge in [0, 0.05) is 28.4 Å². The molecule has 0 heterocycles. The zero-order valence-corrected chi connectivity index (χ0v) is 12.7. The van der Waals surface area contributed by atoms with Crippen LogP contribution in [0.2, 0.25) is 0 Å². The van der Waals surface area contributed by atoms with Gasteiger partial charge in [0.1, 0.15) is 17.7 Å². The number of nitrogens with one attached hydrogen (secondary N) is 1. The highest BCUT2D eigenvalue weighted by Gasteiger charge is 2.57. The van der Waals surface area contributed by atoms with Crippen LogP contribution in [-0.4, -0.2) is 19.2 Å². The Morgan fingerprint density at radius 3 is 2.68 bits per heavy atom. The largest absolute Gasteiger partial charge is 0.490 e. The summed E-state index contributed by atoms with van der Waals surface area (Å²) in [5, 5.41) is 3.41. The van der Waals surface area contributed by atoms with Crippen LogP contribution >= 0.6 is 15.9 Å². The first-order valence-corrected chi connectivity index (χ1v) is 7.73. The van der Waals surface area contributed by atoms with Crippen LogP contribution in [0.1, 0.15) is 32.1 Å². The summed E-state index contributed by atoms with van der Waals surface area (Å²) in [5.41, 5.74) is 0.271. The second-order valence-corrected chi connectivity index (χ2v) is 6.64. The molecule has 0 aliphatic heterocycles. The van der Waals surface area contributed by atoms with E-state index in [1.165, 1.54) is 37.8 Å². The Balaban J connectivity index is 1.76. The van der Waals surface area contributed by atoms with Gasteiger partial charge >= 0.3 is 0 Å². The molecule has 1 aromatic rings. The summed E-state index contributed by atoms with van der Waals surface area (Å²) in [4.78, 5) is 0. The average molecular weight is 328 g/mol. The summed E-state index contributed by atoms with van der Waals surface area (Å²) in [6.45, 7) is 0.